The van der Waals surface area contributed by atoms with E-state index in [4.69, 9.17) is 4.74 Å². The molecule has 8 nitrogen and oxygen atoms in total. The van der Waals surface area contributed by atoms with Crippen LogP contribution >= 0.6 is 11.8 Å². The van der Waals surface area contributed by atoms with Crippen molar-refractivity contribution in [2.45, 2.75) is 44.7 Å². The van der Waals surface area contributed by atoms with Gasteiger partial charge in [0.05, 0.1) is 0 Å². The molecule has 1 amide bonds. The molecule has 0 aliphatic carbocycles. The molecular formula is C18H21N3O5SSe. The fraction of sp³-hybridized carbons (Fsp3) is 0.444. The van der Waals surface area contributed by atoms with Gasteiger partial charge in [-0.3, -0.25) is 0 Å². The molecule has 0 bridgehead atoms. The van der Waals surface area contributed by atoms with Gasteiger partial charge in [0, 0.05) is 0 Å². The van der Waals surface area contributed by atoms with Crippen LogP contribution in [0.2, 0.25) is 0 Å². The number of para-hydroxylation sites is 1. The van der Waals surface area contributed by atoms with Crippen LogP contribution in [-0.2, 0) is 14.3 Å². The summed E-state index contributed by atoms with van der Waals surface area (Å²) >= 11 is 1.13. The summed E-state index contributed by atoms with van der Waals surface area (Å²) in [6.45, 7) is 7.18. The van der Waals surface area contributed by atoms with E-state index in [2.05, 4.69) is 4.33 Å². The van der Waals surface area contributed by atoms with E-state index < -0.39 is 37.7 Å². The van der Waals surface area contributed by atoms with Crippen molar-refractivity contribution in [3.8, 4) is 0 Å². The Morgan fingerprint density at radius 2 is 2.07 bits per heavy atom. The fourth-order valence-electron chi connectivity index (χ4n) is 2.89. The van der Waals surface area contributed by atoms with Gasteiger partial charge in [-0.2, -0.15) is 0 Å². The molecule has 2 heterocycles. The standard InChI is InChI=1S/C18H21N3O5SSe/c1-10-9-27-16-13(19-28-12-8-6-5-7-11(12)21(24)25)15(22)20(16)14(10)17(23)26-18(2,3)4/h5-8,13,16,19H,9H2,1-4H3/t13-,16-/m1/s1. The van der Waals surface area contributed by atoms with E-state index in [1.54, 1.807) is 50.7 Å². The maximum absolute atomic E-state index is 12.7. The number of nitrogens with one attached hydrogen (secondary N) is 1. The van der Waals surface area contributed by atoms with Crippen LogP contribution < -0.4 is 8.79 Å². The third-order valence-corrected chi connectivity index (χ3v) is 7.50. The summed E-state index contributed by atoms with van der Waals surface area (Å²) in [5.41, 5.74) is 0.525. The van der Waals surface area contributed by atoms with E-state index in [9.17, 15) is 19.7 Å². The first kappa shape index (κ1) is 20.9. The molecule has 28 heavy (non-hydrogen) atoms. The van der Waals surface area contributed by atoms with Gasteiger partial charge in [-0.1, -0.05) is 0 Å². The molecule has 0 aromatic heterocycles. The van der Waals surface area contributed by atoms with E-state index in [0.29, 0.717) is 15.9 Å². The van der Waals surface area contributed by atoms with Crippen molar-refractivity contribution >= 4 is 49.0 Å². The first-order valence-electron chi connectivity index (χ1n) is 8.63. The molecule has 1 fully saturated rings. The number of nitro benzene ring substituents is 1. The van der Waals surface area contributed by atoms with Gasteiger partial charge >= 0.3 is 174 Å². The summed E-state index contributed by atoms with van der Waals surface area (Å²) in [5, 5.41) is 10.9. The molecular weight excluding hydrogens is 449 g/mol. The van der Waals surface area contributed by atoms with Crippen molar-refractivity contribution in [3.05, 3.63) is 45.6 Å². The monoisotopic (exact) mass is 471 g/mol. The zero-order chi connectivity index (χ0) is 20.6. The Balaban J connectivity index is 1.72. The summed E-state index contributed by atoms with van der Waals surface area (Å²) in [6, 6.07) is 6.02. The molecule has 2 atom stereocenters. The van der Waals surface area contributed by atoms with Gasteiger partial charge in [0.25, 0.3) is 0 Å². The van der Waals surface area contributed by atoms with E-state index in [0.717, 1.165) is 5.57 Å². The summed E-state index contributed by atoms with van der Waals surface area (Å²) in [4.78, 5) is 37.6. The number of hydrogen-bond acceptors (Lipinski definition) is 7. The SMILES string of the molecule is CC1=C(C(=O)OC(C)(C)C)N2C(=O)[C@@H](N[Se]c3ccccc3[N+](=O)[O-])[C@H]2SC1. The molecule has 2 aliphatic heterocycles. The first-order valence-corrected chi connectivity index (χ1v) is 11.4. The molecule has 0 spiro atoms. The average molecular weight is 470 g/mol. The Hall–Kier alpha value is -1.87. The molecule has 0 saturated carbocycles. The van der Waals surface area contributed by atoms with Crippen LogP contribution in [0.25, 0.3) is 0 Å². The Kier molecular flexibility index (Phi) is 5.86. The molecule has 10 heteroatoms. The van der Waals surface area contributed by atoms with Crippen molar-refractivity contribution in [1.29, 1.82) is 0 Å². The van der Waals surface area contributed by atoms with Gasteiger partial charge in [-0.25, -0.2) is 0 Å². The zero-order valence-electron chi connectivity index (χ0n) is 15.9. The Labute approximate surface area is 173 Å². The molecule has 2 aliphatic rings. The van der Waals surface area contributed by atoms with Crippen molar-refractivity contribution < 1.29 is 19.2 Å². The van der Waals surface area contributed by atoms with Crippen LogP contribution in [0.15, 0.2) is 35.5 Å². The summed E-state index contributed by atoms with van der Waals surface area (Å²) in [7, 11) is 0. The predicted octanol–water partition coefficient (Wildman–Crippen LogP) is 1.33. The third-order valence-electron chi connectivity index (χ3n) is 4.11. The van der Waals surface area contributed by atoms with Crippen LogP contribution in [0.3, 0.4) is 0 Å². The van der Waals surface area contributed by atoms with Crippen molar-refractivity contribution in [3.63, 3.8) is 0 Å². The second kappa shape index (κ2) is 7.87. The predicted molar refractivity (Wildman–Crippen MR) is 107 cm³/mol. The first-order chi connectivity index (χ1) is 13.1. The van der Waals surface area contributed by atoms with Gasteiger partial charge < -0.3 is 0 Å². The minimum absolute atomic E-state index is 0.0418. The van der Waals surface area contributed by atoms with Gasteiger partial charge in [0.1, 0.15) is 0 Å². The van der Waals surface area contributed by atoms with E-state index in [1.165, 1.54) is 11.0 Å². The molecule has 1 aromatic carbocycles. The van der Waals surface area contributed by atoms with Crippen molar-refractivity contribution in [2.75, 3.05) is 5.75 Å². The second-order valence-electron chi connectivity index (χ2n) is 7.46. The molecule has 1 N–H and O–H groups in total. The number of ether oxygens (including phenoxy) is 1. The maximum atomic E-state index is 12.7. The third kappa shape index (κ3) is 4.10. The number of carbonyl (C=O) groups is 2. The number of esters is 1. The number of β-lactam (4-membered cyclic amide) rings is 1. The second-order valence-corrected chi connectivity index (χ2v) is 10.4. The Morgan fingerprint density at radius 1 is 1.39 bits per heavy atom. The van der Waals surface area contributed by atoms with Crippen LogP contribution in [0.5, 0.6) is 0 Å². The molecule has 1 aromatic rings. The molecule has 1 saturated heterocycles. The van der Waals surface area contributed by atoms with Crippen molar-refractivity contribution in [2.24, 2.45) is 0 Å². The quantitative estimate of drug-likeness (QED) is 0.228. The van der Waals surface area contributed by atoms with Crippen LogP contribution in [0, 0.1) is 10.1 Å². The van der Waals surface area contributed by atoms with E-state index >= 15 is 0 Å². The number of nitro groups is 1. The van der Waals surface area contributed by atoms with Gasteiger partial charge in [0.2, 0.25) is 0 Å². The molecule has 0 unspecified atom stereocenters. The van der Waals surface area contributed by atoms with E-state index in [-0.39, 0.29) is 17.0 Å². The van der Waals surface area contributed by atoms with Gasteiger partial charge in [-0.15, -0.1) is 0 Å². The number of fused-ring (bicyclic) bond motifs is 1. The van der Waals surface area contributed by atoms with Crippen LogP contribution in [-0.4, -0.2) is 59.6 Å². The number of rotatable bonds is 5. The van der Waals surface area contributed by atoms with Gasteiger partial charge in [0.15, 0.2) is 0 Å². The minimum atomic E-state index is -0.647. The van der Waals surface area contributed by atoms with Crippen molar-refractivity contribution in [1.82, 2.24) is 9.23 Å². The normalized spacial score (nSPS) is 21.9. The van der Waals surface area contributed by atoms with Crippen LogP contribution in [0.4, 0.5) is 5.69 Å². The summed E-state index contributed by atoms with van der Waals surface area (Å²) < 4.78 is 9.21. The summed E-state index contributed by atoms with van der Waals surface area (Å²) in [5.74, 6) is -0.0798. The number of benzene rings is 1. The average Bonchev–Trinajstić information content (AvgIpc) is 2.60. The Morgan fingerprint density at radius 3 is 2.71 bits per heavy atom. The Bertz CT molecular complexity index is 867. The van der Waals surface area contributed by atoms with Crippen LogP contribution in [0.1, 0.15) is 27.7 Å². The fourth-order valence-corrected chi connectivity index (χ4v) is 6.21. The topological polar surface area (TPSA) is 102 Å². The molecule has 3 rings (SSSR count). The number of thioether (sulfide) groups is 1. The number of hydrogen-bond donors (Lipinski definition) is 1. The molecule has 0 radical (unpaired) electrons. The zero-order valence-corrected chi connectivity index (χ0v) is 18.5. The molecule has 150 valence electrons. The number of carbonyl (C=O) groups excluding carboxylic acids is 2. The number of nitrogens with zero attached hydrogens (tertiary/aromatic N) is 2. The number of amides is 1. The van der Waals surface area contributed by atoms with Gasteiger partial charge in [-0.05, 0) is 0 Å². The van der Waals surface area contributed by atoms with E-state index in [1.807, 2.05) is 6.92 Å². The summed E-state index contributed by atoms with van der Waals surface area (Å²) in [6.07, 6.45) is 0.